The normalized spacial score (nSPS) is 10.0. The summed E-state index contributed by atoms with van der Waals surface area (Å²) in [4.78, 5) is 39.1. The van der Waals surface area contributed by atoms with Crippen LogP contribution in [0.3, 0.4) is 0 Å². The van der Waals surface area contributed by atoms with Gasteiger partial charge in [-0.1, -0.05) is 0 Å². The first-order valence-electron chi connectivity index (χ1n) is 6.43. The van der Waals surface area contributed by atoms with E-state index in [1.807, 2.05) is 4.98 Å². The Kier molecular flexibility index (Phi) is 4.69. The van der Waals surface area contributed by atoms with Crippen molar-refractivity contribution in [2.24, 2.45) is 0 Å². The van der Waals surface area contributed by atoms with Gasteiger partial charge in [-0.05, 0) is 12.1 Å². The van der Waals surface area contributed by atoms with Crippen molar-refractivity contribution in [1.82, 2.24) is 9.97 Å². The number of hydrogen-bond donors (Lipinski definition) is 3. The molecule has 1 aromatic heterocycles. The topological polar surface area (TPSA) is 123 Å². The Morgan fingerprint density at radius 3 is 2.13 bits per heavy atom. The molecule has 0 atom stereocenters. The lowest BCUT2D eigenvalue weighted by Crippen LogP contribution is -2.26. The molecule has 0 spiro atoms. The van der Waals surface area contributed by atoms with Crippen LogP contribution in [-0.4, -0.2) is 37.2 Å². The van der Waals surface area contributed by atoms with E-state index in [4.69, 9.17) is 14.2 Å². The minimum atomic E-state index is -0.713. The predicted molar refractivity (Wildman–Crippen MR) is 81.7 cm³/mol. The molecule has 9 nitrogen and oxygen atoms in total. The molecule has 23 heavy (non-hydrogen) atoms. The number of rotatable bonds is 5. The van der Waals surface area contributed by atoms with Crippen LogP contribution >= 0.6 is 0 Å². The molecule has 0 unspecified atom stereocenters. The lowest BCUT2D eigenvalue weighted by atomic mass is 10.1. The molecule has 0 saturated carbocycles. The molecule has 0 aliphatic rings. The molecule has 122 valence electrons. The Labute approximate surface area is 130 Å². The summed E-state index contributed by atoms with van der Waals surface area (Å²) in [6.07, 6.45) is 1.11. The zero-order valence-corrected chi connectivity index (χ0v) is 12.7. The average Bonchev–Trinajstić information content (AvgIpc) is 2.55. The number of nitrogens with one attached hydrogen (secondary N) is 3. The van der Waals surface area contributed by atoms with Crippen molar-refractivity contribution in [3.05, 3.63) is 44.7 Å². The van der Waals surface area contributed by atoms with Gasteiger partial charge >= 0.3 is 5.69 Å². The maximum absolute atomic E-state index is 12.3. The summed E-state index contributed by atoms with van der Waals surface area (Å²) in [5, 5.41) is 2.39. The van der Waals surface area contributed by atoms with Gasteiger partial charge in [0.15, 0.2) is 11.5 Å². The number of aromatic amines is 2. The fraction of sp³-hybridized carbons (Fsp3) is 0.214. The summed E-state index contributed by atoms with van der Waals surface area (Å²) in [6, 6.07) is 2.88. The summed E-state index contributed by atoms with van der Waals surface area (Å²) in [5.41, 5.74) is -1.29. The minimum Gasteiger partial charge on any atom is -0.493 e. The predicted octanol–water partition coefficient (Wildman–Crippen LogP) is 0.341. The second-order valence-corrected chi connectivity index (χ2v) is 4.35. The first-order valence-corrected chi connectivity index (χ1v) is 6.43. The molecule has 3 N–H and O–H groups in total. The van der Waals surface area contributed by atoms with E-state index in [0.717, 1.165) is 6.20 Å². The van der Waals surface area contributed by atoms with Gasteiger partial charge in [-0.25, -0.2) is 4.79 Å². The zero-order valence-electron chi connectivity index (χ0n) is 12.7. The highest BCUT2D eigenvalue weighted by atomic mass is 16.5. The molecule has 2 rings (SSSR count). The van der Waals surface area contributed by atoms with Crippen molar-refractivity contribution >= 4 is 11.6 Å². The summed E-state index contributed by atoms with van der Waals surface area (Å²) in [6.45, 7) is 0. The number of aromatic nitrogens is 2. The number of amides is 1. The van der Waals surface area contributed by atoms with Crippen LogP contribution < -0.4 is 30.8 Å². The summed E-state index contributed by atoms with van der Waals surface area (Å²) < 4.78 is 15.5. The lowest BCUT2D eigenvalue weighted by molar-refractivity contribution is 0.102. The molecule has 0 aliphatic carbocycles. The van der Waals surface area contributed by atoms with Crippen molar-refractivity contribution in [2.75, 3.05) is 26.6 Å². The number of H-pyrrole nitrogens is 2. The molecule has 1 aromatic carbocycles. The van der Waals surface area contributed by atoms with Crippen molar-refractivity contribution in [3.8, 4) is 17.2 Å². The van der Waals surface area contributed by atoms with Gasteiger partial charge in [0, 0.05) is 11.8 Å². The monoisotopic (exact) mass is 321 g/mol. The lowest BCUT2D eigenvalue weighted by Gasteiger charge is -2.13. The van der Waals surface area contributed by atoms with E-state index in [1.165, 1.54) is 33.5 Å². The van der Waals surface area contributed by atoms with Crippen LogP contribution in [0.25, 0.3) is 0 Å². The number of hydrogen-bond acceptors (Lipinski definition) is 6. The van der Waals surface area contributed by atoms with Gasteiger partial charge in [-0.2, -0.15) is 0 Å². The molecule has 0 radical (unpaired) electrons. The number of ether oxygens (including phenoxy) is 3. The first-order chi connectivity index (χ1) is 11.0. The molecule has 9 heteroatoms. The largest absolute Gasteiger partial charge is 0.493 e. The van der Waals surface area contributed by atoms with Crippen LogP contribution in [0.5, 0.6) is 17.2 Å². The Balaban J connectivity index is 2.39. The van der Waals surface area contributed by atoms with Gasteiger partial charge in [0.25, 0.3) is 11.5 Å². The molecule has 0 fully saturated rings. The Morgan fingerprint density at radius 1 is 1.04 bits per heavy atom. The maximum Gasteiger partial charge on any atom is 0.325 e. The number of anilines is 1. The van der Waals surface area contributed by atoms with E-state index in [9.17, 15) is 14.4 Å². The average molecular weight is 321 g/mol. The Morgan fingerprint density at radius 2 is 1.65 bits per heavy atom. The maximum atomic E-state index is 12.3. The van der Waals surface area contributed by atoms with E-state index in [1.54, 1.807) is 0 Å². The van der Waals surface area contributed by atoms with Crippen molar-refractivity contribution in [3.63, 3.8) is 0 Å². The second kappa shape index (κ2) is 6.69. The van der Waals surface area contributed by atoms with Gasteiger partial charge in [0.05, 0.1) is 21.3 Å². The van der Waals surface area contributed by atoms with Crippen LogP contribution in [0.4, 0.5) is 5.69 Å². The van der Waals surface area contributed by atoms with Crippen molar-refractivity contribution < 1.29 is 19.0 Å². The summed E-state index contributed by atoms with van der Waals surface area (Å²) in [7, 11) is 4.29. The third-order valence-corrected chi connectivity index (χ3v) is 2.99. The third kappa shape index (κ3) is 3.34. The van der Waals surface area contributed by atoms with Gasteiger partial charge in [-0.3, -0.25) is 14.6 Å². The Hall–Kier alpha value is -3.23. The van der Waals surface area contributed by atoms with Gasteiger partial charge < -0.3 is 24.5 Å². The fourth-order valence-corrected chi connectivity index (χ4v) is 1.91. The van der Waals surface area contributed by atoms with Gasteiger partial charge in [-0.15, -0.1) is 0 Å². The van der Waals surface area contributed by atoms with E-state index in [0.29, 0.717) is 17.2 Å². The molecule has 0 saturated heterocycles. The summed E-state index contributed by atoms with van der Waals surface area (Å²) >= 11 is 0. The molecular weight excluding hydrogens is 306 g/mol. The quantitative estimate of drug-likeness (QED) is 0.730. The highest BCUT2D eigenvalue weighted by molar-refractivity contribution is 6.04. The van der Waals surface area contributed by atoms with Crippen LogP contribution in [0.15, 0.2) is 27.9 Å². The first kappa shape index (κ1) is 16.1. The van der Waals surface area contributed by atoms with Crippen LogP contribution in [0, 0.1) is 0 Å². The van der Waals surface area contributed by atoms with Gasteiger partial charge in [0.2, 0.25) is 5.75 Å². The number of carbonyl (C=O) groups is 1. The standard InChI is InChI=1S/C14H15N3O6/c1-21-9-4-7(5-10(22-2)11(9)23-3)12(18)16-8-6-15-14(20)17-13(8)19/h4-6H,1-3H3,(H,16,18)(H2,15,17,19,20). The van der Waals surface area contributed by atoms with Crippen LogP contribution in [0.2, 0.25) is 0 Å². The zero-order chi connectivity index (χ0) is 17.0. The molecule has 1 heterocycles. The number of benzene rings is 1. The highest BCUT2D eigenvalue weighted by Crippen LogP contribution is 2.38. The number of carbonyl (C=O) groups excluding carboxylic acids is 1. The third-order valence-electron chi connectivity index (χ3n) is 2.99. The fourth-order valence-electron chi connectivity index (χ4n) is 1.91. The second-order valence-electron chi connectivity index (χ2n) is 4.35. The number of methoxy groups -OCH3 is 3. The molecular formula is C14H15N3O6. The van der Waals surface area contributed by atoms with Crippen LogP contribution in [-0.2, 0) is 0 Å². The van der Waals surface area contributed by atoms with Crippen molar-refractivity contribution in [2.45, 2.75) is 0 Å². The minimum absolute atomic E-state index is 0.0941. The molecule has 0 aliphatic heterocycles. The van der Waals surface area contributed by atoms with Gasteiger partial charge in [0.1, 0.15) is 5.69 Å². The van der Waals surface area contributed by atoms with E-state index in [-0.39, 0.29) is 11.3 Å². The smallest absolute Gasteiger partial charge is 0.325 e. The molecule has 1 amide bonds. The van der Waals surface area contributed by atoms with E-state index < -0.39 is 17.2 Å². The van der Waals surface area contributed by atoms with Crippen LogP contribution in [0.1, 0.15) is 10.4 Å². The SMILES string of the molecule is COc1cc(C(=O)Nc2c[nH]c(=O)[nH]c2=O)cc(OC)c1OC. The highest BCUT2D eigenvalue weighted by Gasteiger charge is 2.17. The summed E-state index contributed by atoms with van der Waals surface area (Å²) in [5.74, 6) is 0.356. The molecule has 0 bridgehead atoms. The van der Waals surface area contributed by atoms with E-state index in [2.05, 4.69) is 10.3 Å². The molecule has 2 aromatic rings. The van der Waals surface area contributed by atoms with Crippen molar-refractivity contribution in [1.29, 1.82) is 0 Å². The Bertz CT molecular complexity index is 814. The van der Waals surface area contributed by atoms with E-state index >= 15 is 0 Å².